The van der Waals surface area contributed by atoms with E-state index in [4.69, 9.17) is 0 Å². The van der Waals surface area contributed by atoms with E-state index in [0.717, 1.165) is 58.5 Å². The van der Waals surface area contributed by atoms with E-state index in [1.54, 1.807) is 0 Å². The summed E-state index contributed by atoms with van der Waals surface area (Å²) < 4.78 is 0. The zero-order valence-corrected chi connectivity index (χ0v) is 16.7. The van der Waals surface area contributed by atoms with Gasteiger partial charge in [-0.2, -0.15) is 0 Å². The van der Waals surface area contributed by atoms with Crippen LogP contribution in [0.5, 0.6) is 0 Å². The summed E-state index contributed by atoms with van der Waals surface area (Å²) in [5.74, 6) is 2.55. The van der Waals surface area contributed by atoms with E-state index in [9.17, 15) is 9.59 Å². The number of rotatable bonds is 4. The largest absolute Gasteiger partial charge is 0.343 e. The van der Waals surface area contributed by atoms with Crippen molar-refractivity contribution in [3.63, 3.8) is 0 Å². The minimum absolute atomic E-state index is 0.131. The molecule has 26 heavy (non-hydrogen) atoms. The number of amides is 2. The maximum Gasteiger partial charge on any atom is 0.225 e. The van der Waals surface area contributed by atoms with E-state index in [1.807, 2.05) is 4.90 Å². The Bertz CT molecular complexity index is 482. The number of hydrogen-bond donors (Lipinski definition) is 1. The van der Waals surface area contributed by atoms with Crippen molar-refractivity contribution in [1.29, 1.82) is 0 Å². The lowest BCUT2D eigenvalue weighted by atomic mass is 9.83. The zero-order valence-electron chi connectivity index (χ0n) is 16.7. The average molecular weight is 364 g/mol. The van der Waals surface area contributed by atoms with Crippen LogP contribution in [0, 0.1) is 23.7 Å². The minimum atomic E-state index is 0.131. The number of carbonyl (C=O) groups excluding carboxylic acids is 2. The van der Waals surface area contributed by atoms with E-state index in [1.165, 1.54) is 19.3 Å². The van der Waals surface area contributed by atoms with Gasteiger partial charge >= 0.3 is 0 Å². The first-order valence-electron chi connectivity index (χ1n) is 10.8. The van der Waals surface area contributed by atoms with Crippen LogP contribution in [0.25, 0.3) is 0 Å². The first kappa shape index (κ1) is 19.7. The fourth-order valence-electron chi connectivity index (χ4n) is 5.01. The Labute approximate surface area is 158 Å². The Kier molecular flexibility index (Phi) is 6.96. The smallest absolute Gasteiger partial charge is 0.225 e. The van der Waals surface area contributed by atoms with E-state index in [0.29, 0.717) is 36.0 Å². The molecule has 3 heterocycles. The zero-order chi connectivity index (χ0) is 18.5. The molecular weight excluding hydrogens is 326 g/mol. The van der Waals surface area contributed by atoms with E-state index in [2.05, 4.69) is 24.1 Å². The molecule has 5 nitrogen and oxygen atoms in total. The summed E-state index contributed by atoms with van der Waals surface area (Å²) in [6.07, 6.45) is 7.13. The Morgan fingerprint density at radius 1 is 1.00 bits per heavy atom. The molecule has 148 valence electrons. The number of carbonyl (C=O) groups is 2. The second-order valence-electron chi connectivity index (χ2n) is 8.96. The molecule has 0 radical (unpaired) electrons. The van der Waals surface area contributed by atoms with Crippen LogP contribution in [0.2, 0.25) is 0 Å². The summed E-state index contributed by atoms with van der Waals surface area (Å²) in [7, 11) is 0. The van der Waals surface area contributed by atoms with Crippen LogP contribution in [-0.4, -0.2) is 60.9 Å². The van der Waals surface area contributed by atoms with Crippen LogP contribution >= 0.6 is 0 Å². The predicted octanol–water partition coefficient (Wildman–Crippen LogP) is 2.51. The molecule has 0 aromatic heterocycles. The SMILES string of the molecule is CC1CCCN(C(=O)C2CCN(C(=O)CC(C)C3CCNCC3)CC2)C1. The quantitative estimate of drug-likeness (QED) is 0.835. The van der Waals surface area contributed by atoms with Crippen molar-refractivity contribution in [3.05, 3.63) is 0 Å². The molecule has 1 N–H and O–H groups in total. The van der Waals surface area contributed by atoms with Gasteiger partial charge in [0.15, 0.2) is 0 Å². The van der Waals surface area contributed by atoms with Gasteiger partial charge < -0.3 is 15.1 Å². The molecule has 0 saturated carbocycles. The lowest BCUT2D eigenvalue weighted by Gasteiger charge is -2.37. The Morgan fingerprint density at radius 2 is 1.69 bits per heavy atom. The molecule has 2 amide bonds. The maximum absolute atomic E-state index is 12.8. The van der Waals surface area contributed by atoms with Crippen molar-refractivity contribution in [3.8, 4) is 0 Å². The second kappa shape index (κ2) is 9.20. The highest BCUT2D eigenvalue weighted by Gasteiger charge is 2.32. The summed E-state index contributed by atoms with van der Waals surface area (Å²) in [4.78, 5) is 29.6. The Balaban J connectivity index is 1.42. The first-order valence-corrected chi connectivity index (χ1v) is 10.8. The summed E-state index contributed by atoms with van der Waals surface area (Å²) in [5.41, 5.74) is 0. The first-order chi connectivity index (χ1) is 12.5. The molecular formula is C21H37N3O2. The van der Waals surface area contributed by atoms with Gasteiger partial charge in [0.25, 0.3) is 0 Å². The highest BCUT2D eigenvalue weighted by atomic mass is 16.2. The molecule has 0 aromatic carbocycles. The third-order valence-electron chi connectivity index (χ3n) is 6.85. The standard InChI is InChI=1S/C21H37N3O2/c1-16-4-3-11-24(15-16)21(26)19-7-12-23(13-8-19)20(25)14-17(2)18-5-9-22-10-6-18/h16-19,22H,3-15H2,1-2H3. The van der Waals surface area contributed by atoms with Crippen molar-refractivity contribution in [2.24, 2.45) is 23.7 Å². The molecule has 0 bridgehead atoms. The summed E-state index contributed by atoms with van der Waals surface area (Å²) >= 11 is 0. The van der Waals surface area contributed by atoms with Gasteiger partial charge in [0, 0.05) is 38.5 Å². The molecule has 3 fully saturated rings. The van der Waals surface area contributed by atoms with Gasteiger partial charge in [0.1, 0.15) is 0 Å². The van der Waals surface area contributed by atoms with Crippen LogP contribution in [0.1, 0.15) is 58.8 Å². The van der Waals surface area contributed by atoms with Crippen molar-refractivity contribution in [1.82, 2.24) is 15.1 Å². The van der Waals surface area contributed by atoms with Crippen molar-refractivity contribution in [2.45, 2.75) is 58.8 Å². The third-order valence-corrected chi connectivity index (χ3v) is 6.85. The second-order valence-corrected chi connectivity index (χ2v) is 8.96. The fraction of sp³-hybridized carbons (Fsp3) is 0.905. The van der Waals surface area contributed by atoms with Gasteiger partial charge in [-0.15, -0.1) is 0 Å². The lowest BCUT2D eigenvalue weighted by molar-refractivity contribution is -0.142. The molecule has 2 atom stereocenters. The lowest BCUT2D eigenvalue weighted by Crippen LogP contribution is -2.47. The van der Waals surface area contributed by atoms with Gasteiger partial charge in [-0.25, -0.2) is 0 Å². The average Bonchev–Trinajstić information content (AvgIpc) is 2.68. The fourth-order valence-corrected chi connectivity index (χ4v) is 5.01. The monoisotopic (exact) mass is 363 g/mol. The topological polar surface area (TPSA) is 52.7 Å². The molecule has 3 rings (SSSR count). The summed E-state index contributed by atoms with van der Waals surface area (Å²) in [6.45, 7) is 10.0. The molecule has 3 aliphatic rings. The van der Waals surface area contributed by atoms with Gasteiger partial charge in [-0.1, -0.05) is 13.8 Å². The van der Waals surface area contributed by atoms with Crippen molar-refractivity contribution in [2.75, 3.05) is 39.3 Å². The third kappa shape index (κ3) is 4.99. The molecule has 5 heteroatoms. The molecule has 0 spiro atoms. The van der Waals surface area contributed by atoms with Gasteiger partial charge in [0.2, 0.25) is 11.8 Å². The Morgan fingerprint density at radius 3 is 2.35 bits per heavy atom. The molecule has 2 unspecified atom stereocenters. The molecule has 3 aliphatic heterocycles. The van der Waals surface area contributed by atoms with E-state index >= 15 is 0 Å². The Hall–Kier alpha value is -1.10. The highest BCUT2D eigenvalue weighted by molar-refractivity contribution is 5.80. The van der Waals surface area contributed by atoms with Crippen molar-refractivity contribution < 1.29 is 9.59 Å². The van der Waals surface area contributed by atoms with E-state index < -0.39 is 0 Å². The number of nitrogens with one attached hydrogen (secondary N) is 1. The molecule has 3 saturated heterocycles. The van der Waals surface area contributed by atoms with Crippen LogP contribution in [-0.2, 0) is 9.59 Å². The van der Waals surface area contributed by atoms with Crippen molar-refractivity contribution >= 4 is 11.8 Å². The van der Waals surface area contributed by atoms with Crippen LogP contribution < -0.4 is 5.32 Å². The molecule has 0 aliphatic carbocycles. The van der Waals surface area contributed by atoms with Gasteiger partial charge in [-0.3, -0.25) is 9.59 Å². The molecule has 0 aromatic rings. The number of likely N-dealkylation sites (tertiary alicyclic amines) is 2. The number of nitrogens with zero attached hydrogens (tertiary/aromatic N) is 2. The van der Waals surface area contributed by atoms with E-state index in [-0.39, 0.29) is 5.92 Å². The van der Waals surface area contributed by atoms with Gasteiger partial charge in [-0.05, 0) is 69.4 Å². The number of piperidine rings is 3. The summed E-state index contributed by atoms with van der Waals surface area (Å²) in [5, 5.41) is 3.40. The number of hydrogen-bond acceptors (Lipinski definition) is 3. The van der Waals surface area contributed by atoms with Crippen LogP contribution in [0.3, 0.4) is 0 Å². The van der Waals surface area contributed by atoms with Crippen LogP contribution in [0.4, 0.5) is 0 Å². The highest BCUT2D eigenvalue weighted by Crippen LogP contribution is 2.27. The normalized spacial score (nSPS) is 27.4. The van der Waals surface area contributed by atoms with Crippen LogP contribution in [0.15, 0.2) is 0 Å². The maximum atomic E-state index is 12.8. The summed E-state index contributed by atoms with van der Waals surface area (Å²) in [6, 6.07) is 0. The van der Waals surface area contributed by atoms with Gasteiger partial charge in [0.05, 0.1) is 0 Å². The predicted molar refractivity (Wildman–Crippen MR) is 104 cm³/mol. The minimum Gasteiger partial charge on any atom is -0.343 e.